The Bertz CT molecular complexity index is 1870. The van der Waals surface area contributed by atoms with Gasteiger partial charge in [-0.25, -0.2) is 0 Å². The van der Waals surface area contributed by atoms with Gasteiger partial charge < -0.3 is 98.9 Å². The molecule has 3 aromatic rings. The summed E-state index contributed by atoms with van der Waals surface area (Å²) in [6.07, 6.45) is -26.3. The van der Waals surface area contributed by atoms with Gasteiger partial charge in [-0.05, 0) is 25.1 Å². The Hall–Kier alpha value is -3.91. The number of methoxy groups -OCH3 is 1. The first-order chi connectivity index (χ1) is 26.1. The van der Waals surface area contributed by atoms with E-state index in [1.165, 1.54) is 32.2 Å². The van der Waals surface area contributed by atoms with Gasteiger partial charge in [-0.1, -0.05) is 0 Å². The van der Waals surface area contributed by atoms with Crippen LogP contribution < -0.4 is 14.9 Å². The van der Waals surface area contributed by atoms with Gasteiger partial charge in [-0.2, -0.15) is 0 Å². The van der Waals surface area contributed by atoms with Crippen LogP contribution in [0.15, 0.2) is 39.5 Å². The highest BCUT2D eigenvalue weighted by atomic mass is 16.8. The summed E-state index contributed by atoms with van der Waals surface area (Å²) in [6.45, 7) is -0.184. The first kappa shape index (κ1) is 40.7. The van der Waals surface area contributed by atoms with Crippen molar-refractivity contribution in [3.63, 3.8) is 0 Å². The van der Waals surface area contributed by atoms with Gasteiger partial charge >= 0.3 is 0 Å². The average Bonchev–Trinajstić information content (AvgIpc) is 3.15. The van der Waals surface area contributed by atoms with Crippen molar-refractivity contribution in [1.29, 1.82) is 0 Å². The van der Waals surface area contributed by atoms with Crippen LogP contribution in [0.4, 0.5) is 0 Å². The van der Waals surface area contributed by atoms with Crippen molar-refractivity contribution < 1.29 is 98.9 Å². The Morgan fingerprint density at radius 2 is 1.36 bits per heavy atom. The Kier molecular flexibility index (Phi) is 12.1. The number of aliphatic hydroxyl groups is 9. The lowest BCUT2D eigenvalue weighted by Gasteiger charge is -2.46. The quantitative estimate of drug-likeness (QED) is 0.0946. The maximum atomic E-state index is 14.0. The van der Waals surface area contributed by atoms with Gasteiger partial charge in [0.15, 0.2) is 29.8 Å². The molecule has 0 unspecified atom stereocenters. The molecule has 21 nitrogen and oxygen atoms in total. The maximum absolute atomic E-state index is 14.0. The molecule has 3 saturated heterocycles. The summed E-state index contributed by atoms with van der Waals surface area (Å²) < 4.78 is 45.2. The molecule has 21 heteroatoms. The third-order valence-electron chi connectivity index (χ3n) is 9.61. The van der Waals surface area contributed by atoms with E-state index in [0.29, 0.717) is 0 Å². The number of fused-ring (bicyclic) bond motifs is 1. The van der Waals surface area contributed by atoms with Gasteiger partial charge in [0.05, 0.1) is 26.4 Å². The standard InChI is InChI=1S/C34H42O21/c1-10-20(39)23(42)26(45)32(50-10)49-9-18-30(54-33-27(46)24(43)21(40)17(8-35)52-33)25(44)28(47)34(53-18)55-31-22(41)19-14(38)6-12(36)7-16(19)51-29(31)11-3-4-13(37)15(5-11)48-2/h3-7,10,17-18,20-21,23-28,30,32-40,42-47H,8-9H2,1-2H3/t10-,17+,18+,20-,21+,23+,24-,25+,26+,27+,28+,30+,32+,33-,34-/m0/s1. The number of hydrogen-bond acceptors (Lipinski definition) is 21. The van der Waals surface area contributed by atoms with Gasteiger partial charge in [0.2, 0.25) is 17.5 Å². The first-order valence-corrected chi connectivity index (χ1v) is 16.9. The molecule has 4 heterocycles. The second kappa shape index (κ2) is 16.3. The van der Waals surface area contributed by atoms with Gasteiger partial charge in [0, 0.05) is 17.7 Å². The molecular weight excluding hydrogens is 744 g/mol. The van der Waals surface area contributed by atoms with Crippen LogP contribution in [-0.4, -0.2) is 174 Å². The van der Waals surface area contributed by atoms with Crippen LogP contribution in [0, 0.1) is 0 Å². The van der Waals surface area contributed by atoms with Gasteiger partial charge in [-0.15, -0.1) is 0 Å². The molecule has 6 rings (SSSR count). The van der Waals surface area contributed by atoms with E-state index < -0.39 is 133 Å². The molecule has 0 radical (unpaired) electrons. The molecule has 3 fully saturated rings. The summed E-state index contributed by atoms with van der Waals surface area (Å²) in [5.74, 6) is -2.67. The highest BCUT2D eigenvalue weighted by Gasteiger charge is 2.52. The number of phenolic OH excluding ortho intramolecular Hbond substituents is 3. The summed E-state index contributed by atoms with van der Waals surface area (Å²) in [5, 5.41) is 125. The number of benzene rings is 2. The van der Waals surface area contributed by atoms with Crippen molar-refractivity contribution in [3.05, 3.63) is 40.6 Å². The van der Waals surface area contributed by atoms with Gasteiger partial charge in [0.25, 0.3) is 0 Å². The number of ether oxygens (including phenoxy) is 7. The van der Waals surface area contributed by atoms with Crippen molar-refractivity contribution in [3.8, 4) is 40.1 Å². The minimum absolute atomic E-state index is 0.0411. The lowest BCUT2D eigenvalue weighted by molar-refractivity contribution is -0.359. The molecule has 0 amide bonds. The number of phenols is 3. The minimum Gasteiger partial charge on any atom is -0.508 e. The lowest BCUT2D eigenvalue weighted by Crippen LogP contribution is -2.65. The predicted molar refractivity (Wildman–Crippen MR) is 178 cm³/mol. The van der Waals surface area contributed by atoms with Crippen LogP contribution in [-0.2, 0) is 23.7 Å². The van der Waals surface area contributed by atoms with Crippen molar-refractivity contribution in [2.45, 2.75) is 99.0 Å². The summed E-state index contributed by atoms with van der Waals surface area (Å²) in [4.78, 5) is 14.0. The fourth-order valence-electron chi connectivity index (χ4n) is 6.48. The Balaban J connectivity index is 1.37. The van der Waals surface area contributed by atoms with Crippen LogP contribution in [0.25, 0.3) is 22.3 Å². The summed E-state index contributed by atoms with van der Waals surface area (Å²) in [6, 6.07) is 5.64. The second-order valence-electron chi connectivity index (χ2n) is 13.3. The van der Waals surface area contributed by atoms with E-state index in [9.17, 15) is 66.1 Å². The fourth-order valence-corrected chi connectivity index (χ4v) is 6.48. The number of rotatable bonds is 10. The second-order valence-corrected chi connectivity index (χ2v) is 13.3. The molecule has 3 aliphatic rings. The zero-order valence-corrected chi connectivity index (χ0v) is 29.0. The number of aromatic hydroxyl groups is 3. The Morgan fingerprint density at radius 3 is 2.05 bits per heavy atom. The zero-order chi connectivity index (χ0) is 40.0. The van der Waals surface area contributed by atoms with E-state index in [1.807, 2.05) is 0 Å². The summed E-state index contributed by atoms with van der Waals surface area (Å²) in [5.41, 5.74) is -1.33. The third-order valence-corrected chi connectivity index (χ3v) is 9.61. The van der Waals surface area contributed by atoms with E-state index in [0.717, 1.165) is 12.1 Å². The number of aliphatic hydroxyl groups excluding tert-OH is 9. The van der Waals surface area contributed by atoms with E-state index in [4.69, 9.17) is 37.6 Å². The predicted octanol–water partition coefficient (Wildman–Crippen LogP) is -3.56. The molecule has 15 atom stereocenters. The molecule has 3 aliphatic heterocycles. The van der Waals surface area contributed by atoms with Crippen LogP contribution in [0.5, 0.6) is 28.7 Å². The van der Waals surface area contributed by atoms with Crippen molar-refractivity contribution in [2.24, 2.45) is 0 Å². The Labute approximate surface area is 309 Å². The van der Waals surface area contributed by atoms with Crippen molar-refractivity contribution in [2.75, 3.05) is 20.3 Å². The first-order valence-electron chi connectivity index (χ1n) is 16.9. The molecule has 0 saturated carbocycles. The average molecular weight is 787 g/mol. The molecule has 0 bridgehead atoms. The number of hydrogen-bond donors (Lipinski definition) is 12. The van der Waals surface area contributed by atoms with E-state index in [2.05, 4.69) is 0 Å². The monoisotopic (exact) mass is 786 g/mol. The van der Waals surface area contributed by atoms with E-state index >= 15 is 0 Å². The topological polar surface area (TPSA) is 338 Å². The molecule has 2 aromatic carbocycles. The smallest absolute Gasteiger partial charge is 0.239 e. The van der Waals surface area contributed by atoms with Crippen LogP contribution in [0.2, 0.25) is 0 Å². The van der Waals surface area contributed by atoms with Gasteiger partial charge in [0.1, 0.15) is 89.6 Å². The molecule has 0 aliphatic carbocycles. The summed E-state index contributed by atoms with van der Waals surface area (Å²) >= 11 is 0. The highest BCUT2D eigenvalue weighted by molar-refractivity contribution is 5.88. The van der Waals surface area contributed by atoms with Crippen molar-refractivity contribution in [1.82, 2.24) is 0 Å². The van der Waals surface area contributed by atoms with Crippen LogP contribution >= 0.6 is 0 Å². The molecule has 1 aromatic heterocycles. The Morgan fingerprint density at radius 1 is 0.709 bits per heavy atom. The van der Waals surface area contributed by atoms with Crippen LogP contribution in [0.1, 0.15) is 6.92 Å². The maximum Gasteiger partial charge on any atom is 0.239 e. The van der Waals surface area contributed by atoms with E-state index in [-0.39, 0.29) is 28.4 Å². The summed E-state index contributed by atoms with van der Waals surface area (Å²) in [7, 11) is 1.25. The zero-order valence-electron chi connectivity index (χ0n) is 29.0. The van der Waals surface area contributed by atoms with Gasteiger partial charge in [-0.3, -0.25) is 4.79 Å². The molecule has 55 heavy (non-hydrogen) atoms. The molecule has 0 spiro atoms. The molecule has 12 N–H and O–H groups in total. The molecule has 304 valence electrons. The van der Waals surface area contributed by atoms with Crippen molar-refractivity contribution >= 4 is 11.0 Å². The SMILES string of the molecule is COc1cc(-c2oc3cc(O)cc(O)c3c(=O)c2O[C@@H]2O[C@H](CO[C@@H]3O[C@@H](C)[C@H](O)[C@@H](O)[C@H]3O)[C@@H](O[C@@H]3O[C@H](CO)[C@@H](O)[C@H](O)[C@H]3O)[C@H](O)[C@H]2O)ccc1O. The third kappa shape index (κ3) is 7.77. The largest absolute Gasteiger partial charge is 0.508 e. The minimum atomic E-state index is -2.13. The highest BCUT2D eigenvalue weighted by Crippen LogP contribution is 2.40. The lowest BCUT2D eigenvalue weighted by atomic mass is 9.96. The van der Waals surface area contributed by atoms with Crippen LogP contribution in [0.3, 0.4) is 0 Å². The molecular formula is C34H42O21. The van der Waals surface area contributed by atoms with E-state index in [1.54, 1.807) is 0 Å². The fraction of sp³-hybridized carbons (Fsp3) is 0.559. The normalized spacial score (nSPS) is 36.8.